The number of hydrogen-bond acceptors (Lipinski definition) is 2. The van der Waals surface area contributed by atoms with Crippen molar-refractivity contribution in [2.24, 2.45) is 0 Å². The summed E-state index contributed by atoms with van der Waals surface area (Å²) in [4.78, 5) is 0. The summed E-state index contributed by atoms with van der Waals surface area (Å²) >= 11 is 5.32. The van der Waals surface area contributed by atoms with Gasteiger partial charge in [0.1, 0.15) is 5.75 Å². The molecule has 0 bridgehead atoms. The van der Waals surface area contributed by atoms with Gasteiger partial charge in [-0.05, 0) is 54.0 Å². The Morgan fingerprint density at radius 3 is 2.62 bits per heavy atom. The van der Waals surface area contributed by atoms with Gasteiger partial charge in [0.25, 0.3) is 0 Å². The number of ether oxygens (including phenoxy) is 1. The molecule has 0 saturated carbocycles. The van der Waals surface area contributed by atoms with Gasteiger partial charge in [0.2, 0.25) is 0 Å². The van der Waals surface area contributed by atoms with E-state index in [1.54, 1.807) is 7.11 Å². The molecule has 110 valence electrons. The molecular formula is C17H20N2OS. The van der Waals surface area contributed by atoms with Gasteiger partial charge in [-0.15, -0.1) is 0 Å². The lowest BCUT2D eigenvalue weighted by atomic mass is 10.1. The molecule has 2 aromatic rings. The zero-order valence-corrected chi connectivity index (χ0v) is 13.2. The maximum atomic E-state index is 5.32. The van der Waals surface area contributed by atoms with Crippen LogP contribution in [0.25, 0.3) is 0 Å². The van der Waals surface area contributed by atoms with E-state index in [1.807, 2.05) is 36.4 Å². The van der Waals surface area contributed by atoms with Crippen LogP contribution in [0.1, 0.15) is 18.1 Å². The van der Waals surface area contributed by atoms with Crippen LogP contribution in [0.2, 0.25) is 0 Å². The molecular weight excluding hydrogens is 280 g/mol. The summed E-state index contributed by atoms with van der Waals surface area (Å²) in [6.07, 6.45) is 1.01. The second-order valence-corrected chi connectivity index (χ2v) is 5.12. The minimum Gasteiger partial charge on any atom is -0.497 e. The third kappa shape index (κ3) is 4.76. The lowest BCUT2D eigenvalue weighted by molar-refractivity contribution is 0.414. The number of nitrogens with one attached hydrogen (secondary N) is 2. The highest BCUT2D eigenvalue weighted by Crippen LogP contribution is 2.13. The lowest BCUT2D eigenvalue weighted by Gasteiger charge is -2.12. The van der Waals surface area contributed by atoms with E-state index in [1.165, 1.54) is 5.56 Å². The molecule has 4 heteroatoms. The summed E-state index contributed by atoms with van der Waals surface area (Å²) in [5.41, 5.74) is 3.42. The van der Waals surface area contributed by atoms with Crippen LogP contribution in [0.4, 0.5) is 5.69 Å². The van der Waals surface area contributed by atoms with E-state index >= 15 is 0 Å². The molecule has 21 heavy (non-hydrogen) atoms. The van der Waals surface area contributed by atoms with Crippen LogP contribution < -0.4 is 15.4 Å². The maximum absolute atomic E-state index is 5.32. The molecule has 0 aliphatic rings. The average Bonchev–Trinajstić information content (AvgIpc) is 2.53. The van der Waals surface area contributed by atoms with Gasteiger partial charge in [-0.1, -0.05) is 31.2 Å². The molecule has 0 unspecified atom stereocenters. The van der Waals surface area contributed by atoms with Crippen LogP contribution in [0.15, 0.2) is 48.5 Å². The molecule has 0 fully saturated rings. The normalized spacial score (nSPS) is 10.0. The number of benzene rings is 2. The van der Waals surface area contributed by atoms with Crippen molar-refractivity contribution >= 4 is 23.0 Å². The summed E-state index contributed by atoms with van der Waals surface area (Å²) in [5.74, 6) is 0.851. The fourth-order valence-corrected chi connectivity index (χ4v) is 2.20. The highest BCUT2D eigenvalue weighted by molar-refractivity contribution is 7.80. The molecule has 0 atom stereocenters. The Balaban J connectivity index is 1.89. The van der Waals surface area contributed by atoms with Crippen molar-refractivity contribution in [3.8, 4) is 5.75 Å². The monoisotopic (exact) mass is 300 g/mol. The highest BCUT2D eigenvalue weighted by atomic mass is 32.1. The van der Waals surface area contributed by atoms with E-state index in [0.717, 1.165) is 23.4 Å². The molecule has 0 heterocycles. The van der Waals surface area contributed by atoms with Crippen molar-refractivity contribution in [3.05, 3.63) is 59.7 Å². The van der Waals surface area contributed by atoms with E-state index in [0.29, 0.717) is 11.7 Å². The standard InChI is InChI=1S/C17H20N2OS/c1-3-13-6-4-8-15(10-13)19-17(21)18-12-14-7-5-9-16(11-14)20-2/h4-11H,3,12H2,1-2H3,(H2,18,19,21). The van der Waals surface area contributed by atoms with E-state index in [4.69, 9.17) is 17.0 Å². The summed E-state index contributed by atoms with van der Waals surface area (Å²) in [5, 5.41) is 7.02. The summed E-state index contributed by atoms with van der Waals surface area (Å²) in [7, 11) is 1.67. The van der Waals surface area contributed by atoms with Gasteiger partial charge in [-0.25, -0.2) is 0 Å². The third-order valence-corrected chi connectivity index (χ3v) is 3.43. The lowest BCUT2D eigenvalue weighted by Crippen LogP contribution is -2.27. The number of rotatable bonds is 5. The van der Waals surface area contributed by atoms with Gasteiger partial charge in [-0.3, -0.25) is 0 Å². The van der Waals surface area contributed by atoms with Crippen LogP contribution in [-0.4, -0.2) is 12.2 Å². The van der Waals surface area contributed by atoms with Crippen molar-refractivity contribution in [2.75, 3.05) is 12.4 Å². The molecule has 0 spiro atoms. The molecule has 2 aromatic carbocycles. The molecule has 3 nitrogen and oxygen atoms in total. The van der Waals surface area contributed by atoms with Crippen LogP contribution in [0.3, 0.4) is 0 Å². The molecule has 0 aliphatic heterocycles. The number of methoxy groups -OCH3 is 1. The Kier molecular flexibility index (Phi) is 5.58. The van der Waals surface area contributed by atoms with Gasteiger partial charge in [0.05, 0.1) is 7.11 Å². The Labute approximate surface area is 131 Å². The first kappa shape index (κ1) is 15.3. The van der Waals surface area contributed by atoms with Gasteiger partial charge in [0.15, 0.2) is 5.11 Å². The molecule has 2 rings (SSSR count). The van der Waals surface area contributed by atoms with Crippen LogP contribution in [0.5, 0.6) is 5.75 Å². The second kappa shape index (κ2) is 7.64. The summed E-state index contributed by atoms with van der Waals surface area (Å²) in [6, 6.07) is 16.2. The third-order valence-electron chi connectivity index (χ3n) is 3.18. The van der Waals surface area contributed by atoms with E-state index in [9.17, 15) is 0 Å². The number of aryl methyl sites for hydroxylation is 1. The highest BCUT2D eigenvalue weighted by Gasteiger charge is 2.00. The first-order chi connectivity index (χ1) is 10.2. The summed E-state index contributed by atoms with van der Waals surface area (Å²) in [6.45, 7) is 2.80. The first-order valence-corrected chi connectivity index (χ1v) is 7.39. The molecule has 0 radical (unpaired) electrons. The maximum Gasteiger partial charge on any atom is 0.171 e. The van der Waals surface area contributed by atoms with Crippen LogP contribution in [0, 0.1) is 0 Å². The largest absolute Gasteiger partial charge is 0.497 e. The number of thiocarbonyl (C=S) groups is 1. The summed E-state index contributed by atoms with van der Waals surface area (Å²) < 4.78 is 5.21. The fraction of sp³-hybridized carbons (Fsp3) is 0.235. The Morgan fingerprint density at radius 1 is 1.10 bits per heavy atom. The zero-order chi connectivity index (χ0) is 15.1. The predicted octanol–water partition coefficient (Wildman–Crippen LogP) is 3.74. The predicted molar refractivity (Wildman–Crippen MR) is 91.9 cm³/mol. The van der Waals surface area contributed by atoms with E-state index in [-0.39, 0.29) is 0 Å². The molecule has 0 aliphatic carbocycles. The van der Waals surface area contributed by atoms with E-state index < -0.39 is 0 Å². The van der Waals surface area contributed by atoms with Gasteiger partial charge in [-0.2, -0.15) is 0 Å². The Morgan fingerprint density at radius 2 is 1.86 bits per heavy atom. The van der Waals surface area contributed by atoms with Crippen molar-refractivity contribution in [2.45, 2.75) is 19.9 Å². The van der Waals surface area contributed by atoms with Crippen molar-refractivity contribution in [3.63, 3.8) is 0 Å². The number of anilines is 1. The second-order valence-electron chi connectivity index (χ2n) is 4.71. The molecule has 0 saturated heterocycles. The average molecular weight is 300 g/mol. The van der Waals surface area contributed by atoms with Crippen LogP contribution >= 0.6 is 12.2 Å². The topological polar surface area (TPSA) is 33.3 Å². The minimum absolute atomic E-state index is 0.617. The van der Waals surface area contributed by atoms with Gasteiger partial charge < -0.3 is 15.4 Å². The smallest absolute Gasteiger partial charge is 0.171 e. The Bertz CT molecular complexity index is 613. The van der Waals surface area contributed by atoms with Gasteiger partial charge >= 0.3 is 0 Å². The van der Waals surface area contributed by atoms with Crippen molar-refractivity contribution < 1.29 is 4.74 Å². The van der Waals surface area contributed by atoms with Crippen LogP contribution in [-0.2, 0) is 13.0 Å². The molecule has 0 aromatic heterocycles. The minimum atomic E-state index is 0.617. The zero-order valence-electron chi connectivity index (χ0n) is 12.3. The van der Waals surface area contributed by atoms with Crippen molar-refractivity contribution in [1.82, 2.24) is 5.32 Å². The van der Waals surface area contributed by atoms with Crippen molar-refractivity contribution in [1.29, 1.82) is 0 Å². The Hall–Kier alpha value is -2.07. The van der Waals surface area contributed by atoms with E-state index in [2.05, 4.69) is 29.7 Å². The molecule has 2 N–H and O–H groups in total. The van der Waals surface area contributed by atoms with Gasteiger partial charge in [0, 0.05) is 12.2 Å². The fourth-order valence-electron chi connectivity index (χ4n) is 2.01. The molecule has 0 amide bonds. The first-order valence-electron chi connectivity index (χ1n) is 6.98. The quantitative estimate of drug-likeness (QED) is 0.824. The SMILES string of the molecule is CCc1cccc(NC(=S)NCc2cccc(OC)c2)c1. The number of hydrogen-bond donors (Lipinski definition) is 2.